The van der Waals surface area contributed by atoms with Gasteiger partial charge in [-0.3, -0.25) is 4.79 Å². The maximum Gasteiger partial charge on any atom is 0.377 e. The summed E-state index contributed by atoms with van der Waals surface area (Å²) in [5.41, 5.74) is 0.509. The van der Waals surface area contributed by atoms with E-state index in [1.807, 2.05) is 38.1 Å². The van der Waals surface area contributed by atoms with Gasteiger partial charge >= 0.3 is 10.2 Å². The third-order valence-electron chi connectivity index (χ3n) is 9.76. The predicted molar refractivity (Wildman–Crippen MR) is 167 cm³/mol. The minimum atomic E-state index is -3.57. The zero-order chi connectivity index (χ0) is 29.8. The predicted octanol–water partition coefficient (Wildman–Crippen LogP) is 6.98. The molecule has 8 heteroatoms. The lowest BCUT2D eigenvalue weighted by Gasteiger charge is -2.60. The zero-order valence-electron chi connectivity index (χ0n) is 26.1. The maximum absolute atomic E-state index is 13.3. The Morgan fingerprint density at radius 1 is 0.854 bits per heavy atom. The minimum absolute atomic E-state index is 0.146. The van der Waals surface area contributed by atoms with Crippen molar-refractivity contribution in [3.05, 3.63) is 35.4 Å². The Bertz CT molecular complexity index is 1040. The molecule has 0 radical (unpaired) electrons. The molecule has 0 saturated carbocycles. The number of unbranched alkanes of at least 4 members (excludes halogenated alkanes) is 15. The fourth-order valence-corrected chi connectivity index (χ4v) is 9.42. The van der Waals surface area contributed by atoms with Crippen LogP contribution < -0.4 is 10.0 Å². The van der Waals surface area contributed by atoms with Crippen molar-refractivity contribution in [2.45, 2.75) is 142 Å². The van der Waals surface area contributed by atoms with Gasteiger partial charge in [0.05, 0.1) is 25.1 Å². The van der Waals surface area contributed by atoms with Gasteiger partial charge in [-0.25, -0.2) is 0 Å². The fourth-order valence-electron chi connectivity index (χ4n) is 7.28. The molecule has 1 heterocycles. The lowest BCUT2D eigenvalue weighted by atomic mass is 9.73. The van der Waals surface area contributed by atoms with E-state index in [-0.39, 0.29) is 16.2 Å². The summed E-state index contributed by atoms with van der Waals surface area (Å²) in [5.74, 6) is -0.895. The number of aliphatic hydroxyl groups excluding tert-OH is 1. The van der Waals surface area contributed by atoms with Crippen LogP contribution in [0.15, 0.2) is 24.3 Å². The topological polar surface area (TPSA) is 95.5 Å². The van der Waals surface area contributed by atoms with Crippen LogP contribution in [0.3, 0.4) is 0 Å². The number of rotatable bonds is 20. The molecule has 1 amide bonds. The van der Waals surface area contributed by atoms with Crippen molar-refractivity contribution < 1.29 is 22.2 Å². The van der Waals surface area contributed by atoms with E-state index in [9.17, 15) is 18.3 Å². The van der Waals surface area contributed by atoms with E-state index in [2.05, 4.69) is 17.0 Å². The molecule has 3 unspecified atom stereocenters. The molecule has 1 aromatic rings. The molecule has 1 aromatic carbocycles. The van der Waals surface area contributed by atoms with Crippen LogP contribution in [0.5, 0.6) is 0 Å². The van der Waals surface area contributed by atoms with Crippen LogP contribution in [0.1, 0.15) is 147 Å². The van der Waals surface area contributed by atoms with Crippen molar-refractivity contribution in [1.82, 2.24) is 10.0 Å². The largest absolute Gasteiger partial charge is 0.388 e. The van der Waals surface area contributed by atoms with E-state index in [1.165, 1.54) is 89.9 Å². The van der Waals surface area contributed by atoms with E-state index in [1.54, 1.807) is 0 Å². The van der Waals surface area contributed by atoms with Crippen LogP contribution in [0.25, 0.3) is 0 Å². The Balaban J connectivity index is 1.34. The van der Waals surface area contributed by atoms with Crippen molar-refractivity contribution in [1.29, 1.82) is 0 Å². The second kappa shape index (κ2) is 16.4. The van der Waals surface area contributed by atoms with Gasteiger partial charge in [0, 0.05) is 18.5 Å². The molecule has 234 valence electrons. The first-order valence-electron chi connectivity index (χ1n) is 16.8. The standard InChI is InChI=1S/C33H57N3O4S/c1-4-7-8-9-10-11-12-13-14-15-16-17-18-19-20-23-26-34-32(38)29-27-33(30-25-22-21-24-28(30)31(29)37)35-41(39,40)36(33,5-2)6-3/h21-22,24-25,29,31,35,37H,4-20,23,26-27H2,1-3H3/p+1. The molecule has 1 fully saturated rings. The number of hydrogen-bond acceptors (Lipinski definition) is 4. The third-order valence-corrected chi connectivity index (χ3v) is 12.1. The number of nitrogens with zero attached hydrogens (tertiary/aromatic N) is 1. The zero-order valence-corrected chi connectivity index (χ0v) is 27.0. The molecular weight excluding hydrogens is 534 g/mol. The number of carbonyl (C=O) groups is 1. The van der Waals surface area contributed by atoms with Crippen molar-refractivity contribution in [2.24, 2.45) is 5.92 Å². The summed E-state index contributed by atoms with van der Waals surface area (Å²) >= 11 is 0. The van der Waals surface area contributed by atoms with Crippen molar-refractivity contribution in [2.75, 3.05) is 19.6 Å². The first-order chi connectivity index (χ1) is 19.8. The molecule has 0 bridgehead atoms. The van der Waals surface area contributed by atoms with Gasteiger partial charge in [0.1, 0.15) is 0 Å². The van der Waals surface area contributed by atoms with Crippen LogP contribution in [-0.2, 0) is 20.7 Å². The first kappa shape index (κ1) is 34.0. The number of carbonyl (C=O) groups excluding carboxylic acids is 1. The van der Waals surface area contributed by atoms with Gasteiger partial charge in [-0.05, 0) is 25.8 Å². The van der Waals surface area contributed by atoms with Crippen LogP contribution in [-0.4, -0.2) is 43.0 Å². The normalized spacial score (nSPS) is 24.1. The number of aliphatic hydroxyl groups is 1. The van der Waals surface area contributed by atoms with E-state index in [0.29, 0.717) is 25.2 Å². The molecule has 3 N–H and O–H groups in total. The summed E-state index contributed by atoms with van der Waals surface area (Å²) in [6.07, 6.45) is 20.2. The van der Waals surface area contributed by atoms with Gasteiger partial charge in [-0.15, -0.1) is 4.72 Å². The van der Waals surface area contributed by atoms with Crippen molar-refractivity contribution in [3.8, 4) is 0 Å². The van der Waals surface area contributed by atoms with E-state index < -0.39 is 27.9 Å². The summed E-state index contributed by atoms with van der Waals surface area (Å²) in [5, 5.41) is 14.2. The Kier molecular flexibility index (Phi) is 13.6. The van der Waals surface area contributed by atoms with Gasteiger partial charge in [-0.2, -0.15) is 12.3 Å². The summed E-state index contributed by atoms with van der Waals surface area (Å²) in [4.78, 5) is 13.3. The monoisotopic (exact) mass is 592 g/mol. The highest BCUT2D eigenvalue weighted by molar-refractivity contribution is 7.85. The molecule has 41 heavy (non-hydrogen) atoms. The molecule has 0 aromatic heterocycles. The van der Waals surface area contributed by atoms with Crippen LogP contribution in [0, 0.1) is 5.92 Å². The average Bonchev–Trinajstić information content (AvgIpc) is 2.96. The average molecular weight is 593 g/mol. The van der Waals surface area contributed by atoms with E-state index in [0.717, 1.165) is 18.4 Å². The highest BCUT2D eigenvalue weighted by Gasteiger charge is 2.73. The summed E-state index contributed by atoms with van der Waals surface area (Å²) in [6.45, 7) is 7.40. The summed E-state index contributed by atoms with van der Waals surface area (Å²) in [6, 6.07) is 7.43. The number of hydrogen-bond donors (Lipinski definition) is 3. The number of quaternary nitrogens is 1. The Morgan fingerprint density at radius 2 is 1.34 bits per heavy atom. The molecule has 3 rings (SSSR count). The second-order valence-electron chi connectivity index (χ2n) is 12.4. The molecular formula is C33H58N3O4S+. The Hall–Kier alpha value is -1.48. The molecule has 1 saturated heterocycles. The lowest BCUT2D eigenvalue weighted by Crippen LogP contribution is -2.85. The van der Waals surface area contributed by atoms with Gasteiger partial charge in [-0.1, -0.05) is 128 Å². The van der Waals surface area contributed by atoms with Gasteiger partial charge in [0.25, 0.3) is 0 Å². The molecule has 7 nitrogen and oxygen atoms in total. The minimum Gasteiger partial charge on any atom is -0.388 e. The SMILES string of the molecule is CCCCCCCCCCCCCCCCCCNC(=O)C1CC2(NS(=O)(=O)[N+]2(CC)CC)c2ccccc2C1O. The van der Waals surface area contributed by atoms with Crippen LogP contribution in [0.4, 0.5) is 0 Å². The van der Waals surface area contributed by atoms with Crippen LogP contribution in [0.2, 0.25) is 0 Å². The van der Waals surface area contributed by atoms with Gasteiger partial charge in [0.2, 0.25) is 11.6 Å². The van der Waals surface area contributed by atoms with Gasteiger partial charge in [0.15, 0.2) is 0 Å². The van der Waals surface area contributed by atoms with E-state index >= 15 is 0 Å². The maximum atomic E-state index is 13.3. The third kappa shape index (κ3) is 7.73. The Labute approximate surface area is 250 Å². The number of amides is 1. The highest BCUT2D eigenvalue weighted by Crippen LogP contribution is 2.55. The van der Waals surface area contributed by atoms with Gasteiger partial charge < -0.3 is 10.4 Å². The Morgan fingerprint density at radius 3 is 1.83 bits per heavy atom. The van der Waals surface area contributed by atoms with Crippen LogP contribution >= 0.6 is 0 Å². The van der Waals surface area contributed by atoms with E-state index in [4.69, 9.17) is 0 Å². The number of fused-ring (bicyclic) bond motifs is 2. The quantitative estimate of drug-likeness (QED) is 0.112. The summed E-state index contributed by atoms with van der Waals surface area (Å²) < 4.78 is 28.7. The van der Waals surface area contributed by atoms with Crippen molar-refractivity contribution in [3.63, 3.8) is 0 Å². The molecule has 1 aliphatic heterocycles. The lowest BCUT2D eigenvalue weighted by molar-refractivity contribution is -0.897. The first-order valence-corrected chi connectivity index (χ1v) is 18.2. The fraction of sp³-hybridized carbons (Fsp3) is 0.788. The molecule has 1 spiro atoms. The molecule has 2 aliphatic rings. The number of benzene rings is 1. The highest BCUT2D eigenvalue weighted by atomic mass is 32.2. The smallest absolute Gasteiger partial charge is 0.377 e. The second-order valence-corrected chi connectivity index (χ2v) is 14.2. The van der Waals surface area contributed by atoms with Crippen molar-refractivity contribution >= 4 is 16.1 Å². The number of nitrogens with one attached hydrogen (secondary N) is 2. The molecule has 1 aliphatic carbocycles. The molecule has 3 atom stereocenters. The summed E-state index contributed by atoms with van der Waals surface area (Å²) in [7, 11) is -3.57.